The van der Waals surface area contributed by atoms with Crippen LogP contribution in [0.5, 0.6) is 5.75 Å². The van der Waals surface area contributed by atoms with Crippen molar-refractivity contribution in [1.82, 2.24) is 0 Å². The summed E-state index contributed by atoms with van der Waals surface area (Å²) in [5.41, 5.74) is -2.68. The summed E-state index contributed by atoms with van der Waals surface area (Å²) in [7, 11) is 0. The van der Waals surface area contributed by atoms with Crippen molar-refractivity contribution in [2.75, 3.05) is 0 Å². The SMILES string of the molecule is N#[N+]c1c(F)cc([O-])c(F)c1[N+](=O)[O-]. The first-order chi connectivity index (χ1) is 6.49. The second-order valence-electron chi connectivity index (χ2n) is 2.22. The minimum Gasteiger partial charge on any atom is -0.870 e. The molecule has 72 valence electrons. The molecular formula is C6HF2N3O3. The fourth-order valence-electron chi connectivity index (χ4n) is 0.842. The van der Waals surface area contributed by atoms with Gasteiger partial charge in [0.15, 0.2) is 4.98 Å². The first kappa shape index (κ1) is 9.79. The first-order valence-corrected chi connectivity index (χ1v) is 3.17. The van der Waals surface area contributed by atoms with Gasteiger partial charge in [-0.2, -0.15) is 8.78 Å². The minimum absolute atomic E-state index is 0.164. The summed E-state index contributed by atoms with van der Waals surface area (Å²) in [6, 6.07) is 0.164. The molecular weight excluding hydrogens is 200 g/mol. The first-order valence-electron chi connectivity index (χ1n) is 3.17. The zero-order valence-electron chi connectivity index (χ0n) is 6.40. The predicted octanol–water partition coefficient (Wildman–Crippen LogP) is 1.43. The molecule has 0 bridgehead atoms. The second kappa shape index (κ2) is 3.21. The average molecular weight is 201 g/mol. The second-order valence-corrected chi connectivity index (χ2v) is 2.22. The van der Waals surface area contributed by atoms with Crippen molar-refractivity contribution < 1.29 is 18.8 Å². The van der Waals surface area contributed by atoms with Crippen LogP contribution in [-0.2, 0) is 0 Å². The van der Waals surface area contributed by atoms with Gasteiger partial charge in [-0.05, 0) is 6.07 Å². The molecule has 0 saturated heterocycles. The lowest BCUT2D eigenvalue weighted by Gasteiger charge is -2.04. The van der Waals surface area contributed by atoms with Crippen LogP contribution in [0.1, 0.15) is 0 Å². The van der Waals surface area contributed by atoms with Crippen LogP contribution in [0.25, 0.3) is 4.98 Å². The van der Waals surface area contributed by atoms with Crippen molar-refractivity contribution in [1.29, 1.82) is 5.39 Å². The molecule has 0 aliphatic rings. The zero-order valence-corrected chi connectivity index (χ0v) is 6.40. The van der Waals surface area contributed by atoms with E-state index in [2.05, 4.69) is 4.98 Å². The molecule has 1 aromatic rings. The van der Waals surface area contributed by atoms with Crippen LogP contribution in [0.3, 0.4) is 0 Å². The van der Waals surface area contributed by atoms with Crippen molar-refractivity contribution in [2.45, 2.75) is 0 Å². The Labute approximate surface area is 75.2 Å². The van der Waals surface area contributed by atoms with E-state index in [1.165, 1.54) is 0 Å². The molecule has 6 nitrogen and oxygen atoms in total. The molecule has 8 heteroatoms. The monoisotopic (exact) mass is 201 g/mol. The van der Waals surface area contributed by atoms with Gasteiger partial charge in [0, 0.05) is 0 Å². The number of halogens is 2. The molecule has 0 fully saturated rings. The van der Waals surface area contributed by atoms with Crippen molar-refractivity contribution in [2.24, 2.45) is 0 Å². The third-order valence-electron chi connectivity index (χ3n) is 1.42. The molecule has 1 aromatic carbocycles. The van der Waals surface area contributed by atoms with Crippen molar-refractivity contribution in [3.63, 3.8) is 0 Å². The van der Waals surface area contributed by atoms with Gasteiger partial charge in [-0.3, -0.25) is 10.1 Å². The Morgan fingerprint density at radius 2 is 2.07 bits per heavy atom. The number of hydrogen-bond donors (Lipinski definition) is 0. The summed E-state index contributed by atoms with van der Waals surface area (Å²) in [4.78, 5) is 11.1. The maximum atomic E-state index is 12.8. The van der Waals surface area contributed by atoms with Crippen LogP contribution in [0.2, 0.25) is 0 Å². The van der Waals surface area contributed by atoms with Gasteiger partial charge in [-0.15, -0.1) is 0 Å². The van der Waals surface area contributed by atoms with E-state index in [0.717, 1.165) is 0 Å². The number of nitro groups is 1. The number of rotatable bonds is 1. The van der Waals surface area contributed by atoms with E-state index in [-0.39, 0.29) is 6.07 Å². The summed E-state index contributed by atoms with van der Waals surface area (Å²) in [6.07, 6.45) is 0. The van der Waals surface area contributed by atoms with E-state index >= 15 is 0 Å². The van der Waals surface area contributed by atoms with E-state index in [9.17, 15) is 24.0 Å². The standard InChI is InChI=1S/C6HF2N3O3/c7-2-1-3(12)4(8)6(11(13)14)5(2)10-9/h1H. The lowest BCUT2D eigenvalue weighted by molar-refractivity contribution is -0.388. The summed E-state index contributed by atoms with van der Waals surface area (Å²) < 4.78 is 25.5. The Morgan fingerprint density at radius 3 is 2.50 bits per heavy atom. The quantitative estimate of drug-likeness (QED) is 0.390. The maximum absolute atomic E-state index is 12.8. The molecule has 0 atom stereocenters. The molecule has 0 saturated carbocycles. The third kappa shape index (κ3) is 1.31. The van der Waals surface area contributed by atoms with Gasteiger partial charge >= 0.3 is 11.4 Å². The van der Waals surface area contributed by atoms with E-state index in [4.69, 9.17) is 5.39 Å². The highest BCUT2D eigenvalue weighted by Crippen LogP contribution is 2.36. The number of nitro benzene ring substituents is 1. The van der Waals surface area contributed by atoms with Crippen LogP contribution in [-0.4, -0.2) is 4.92 Å². The van der Waals surface area contributed by atoms with Gasteiger partial charge < -0.3 is 5.11 Å². The van der Waals surface area contributed by atoms with Crippen molar-refractivity contribution >= 4 is 11.4 Å². The summed E-state index contributed by atoms with van der Waals surface area (Å²) in [5.74, 6) is -4.68. The number of diazo groups is 1. The molecule has 0 radical (unpaired) electrons. The van der Waals surface area contributed by atoms with E-state index in [1.807, 2.05) is 0 Å². The summed E-state index contributed by atoms with van der Waals surface area (Å²) >= 11 is 0. The lowest BCUT2D eigenvalue weighted by Crippen LogP contribution is -2.01. The topological polar surface area (TPSA) is 94.3 Å². The van der Waals surface area contributed by atoms with Gasteiger partial charge in [0.1, 0.15) is 0 Å². The summed E-state index contributed by atoms with van der Waals surface area (Å²) in [5, 5.41) is 29.0. The van der Waals surface area contributed by atoms with Crippen LogP contribution >= 0.6 is 0 Å². The highest BCUT2D eigenvalue weighted by Gasteiger charge is 2.35. The number of nitrogens with zero attached hydrogens (tertiary/aromatic N) is 3. The molecule has 14 heavy (non-hydrogen) atoms. The van der Waals surface area contributed by atoms with Crippen LogP contribution in [0.4, 0.5) is 20.2 Å². The van der Waals surface area contributed by atoms with Gasteiger partial charge in [0.2, 0.25) is 17.0 Å². The lowest BCUT2D eigenvalue weighted by atomic mass is 10.2. The van der Waals surface area contributed by atoms with Gasteiger partial charge in [-0.1, -0.05) is 5.75 Å². The van der Waals surface area contributed by atoms with Crippen LogP contribution in [0, 0.1) is 27.1 Å². The largest absolute Gasteiger partial charge is 0.870 e. The van der Waals surface area contributed by atoms with Gasteiger partial charge in [0.05, 0.1) is 4.92 Å². The molecule has 1 rings (SSSR count). The highest BCUT2D eigenvalue weighted by molar-refractivity contribution is 5.65. The Kier molecular flexibility index (Phi) is 2.25. The van der Waals surface area contributed by atoms with Crippen LogP contribution < -0.4 is 5.11 Å². The van der Waals surface area contributed by atoms with E-state index in [1.54, 1.807) is 0 Å². The third-order valence-corrected chi connectivity index (χ3v) is 1.42. The molecule has 0 aliphatic heterocycles. The molecule has 0 aromatic heterocycles. The molecule has 0 aliphatic carbocycles. The fourth-order valence-corrected chi connectivity index (χ4v) is 0.842. The Morgan fingerprint density at radius 1 is 1.50 bits per heavy atom. The molecule has 0 spiro atoms. The van der Waals surface area contributed by atoms with Crippen molar-refractivity contribution in [3.05, 3.63) is 32.8 Å². The fraction of sp³-hybridized carbons (Fsp3) is 0. The van der Waals surface area contributed by atoms with E-state index < -0.39 is 33.7 Å². The molecule has 0 unspecified atom stereocenters. The normalized spacial score (nSPS) is 9.50. The Hall–Kier alpha value is -2.30. The van der Waals surface area contributed by atoms with Crippen molar-refractivity contribution in [3.8, 4) is 5.75 Å². The Bertz CT molecular complexity index is 455. The maximum Gasteiger partial charge on any atom is 0.499 e. The molecule has 0 amide bonds. The van der Waals surface area contributed by atoms with Crippen LogP contribution in [0.15, 0.2) is 6.07 Å². The van der Waals surface area contributed by atoms with E-state index in [0.29, 0.717) is 0 Å². The summed E-state index contributed by atoms with van der Waals surface area (Å²) in [6.45, 7) is 0. The average Bonchev–Trinajstić information content (AvgIpc) is 2.10. The highest BCUT2D eigenvalue weighted by atomic mass is 19.1. The zero-order chi connectivity index (χ0) is 10.9. The predicted molar refractivity (Wildman–Crippen MR) is 37.2 cm³/mol. The van der Waals surface area contributed by atoms with Gasteiger partial charge in [-0.25, -0.2) is 0 Å². The molecule has 0 heterocycles. The smallest absolute Gasteiger partial charge is 0.499 e. The minimum atomic E-state index is -1.76. The number of hydrogen-bond acceptors (Lipinski definition) is 4. The number of benzene rings is 1. The Balaban J connectivity index is 3.67. The molecule has 0 N–H and O–H groups in total. The van der Waals surface area contributed by atoms with Gasteiger partial charge in [0.25, 0.3) is 0 Å².